The Morgan fingerprint density at radius 2 is 2.20 bits per heavy atom. The van der Waals surface area contributed by atoms with Crippen molar-refractivity contribution in [3.63, 3.8) is 0 Å². The molecular formula is C12H15N3O3S2. The molecule has 0 spiro atoms. The fourth-order valence-electron chi connectivity index (χ4n) is 1.62. The van der Waals surface area contributed by atoms with E-state index in [0.717, 1.165) is 5.69 Å². The highest BCUT2D eigenvalue weighted by Crippen LogP contribution is 2.26. The second-order valence-electron chi connectivity index (χ2n) is 4.12. The number of benzene rings is 1. The number of hydrogen-bond acceptors (Lipinski definition) is 6. The number of ether oxygens (including phenoxy) is 1. The highest BCUT2D eigenvalue weighted by atomic mass is 32.2. The Kier molecular flexibility index (Phi) is 4.26. The van der Waals surface area contributed by atoms with E-state index in [1.165, 1.54) is 36.6 Å². The first-order valence-electron chi connectivity index (χ1n) is 5.76. The first kappa shape index (κ1) is 14.8. The van der Waals surface area contributed by atoms with Crippen LogP contribution in [0.5, 0.6) is 5.75 Å². The molecule has 3 N–H and O–H groups in total. The zero-order chi connectivity index (χ0) is 14.8. The maximum atomic E-state index is 12.2. The van der Waals surface area contributed by atoms with Gasteiger partial charge < -0.3 is 10.5 Å². The molecule has 0 bridgehead atoms. The summed E-state index contributed by atoms with van der Waals surface area (Å²) in [7, 11) is -2.27. The lowest BCUT2D eigenvalue weighted by molar-refractivity contribution is 0.402. The highest BCUT2D eigenvalue weighted by molar-refractivity contribution is 7.89. The molecule has 6 nitrogen and oxygen atoms in total. The van der Waals surface area contributed by atoms with Crippen LogP contribution in [0, 0.1) is 6.92 Å². The quantitative estimate of drug-likeness (QED) is 0.816. The van der Waals surface area contributed by atoms with Crippen LogP contribution in [0.3, 0.4) is 0 Å². The molecule has 0 aliphatic heterocycles. The number of hydrogen-bond donors (Lipinski definition) is 2. The van der Waals surface area contributed by atoms with Gasteiger partial charge in [0.1, 0.15) is 15.7 Å². The van der Waals surface area contributed by atoms with Gasteiger partial charge >= 0.3 is 0 Å². The van der Waals surface area contributed by atoms with Gasteiger partial charge in [-0.1, -0.05) is 0 Å². The average molecular weight is 313 g/mol. The van der Waals surface area contributed by atoms with Gasteiger partial charge in [-0.3, -0.25) is 0 Å². The van der Waals surface area contributed by atoms with E-state index in [4.69, 9.17) is 10.5 Å². The predicted octanol–water partition coefficient (Wildman–Crippen LogP) is 1.52. The summed E-state index contributed by atoms with van der Waals surface area (Å²) in [5.74, 6) is 0.216. The van der Waals surface area contributed by atoms with Gasteiger partial charge in [-0.25, -0.2) is 18.1 Å². The van der Waals surface area contributed by atoms with Crippen molar-refractivity contribution >= 4 is 27.0 Å². The SMILES string of the molecule is COc1cc(N)ccc1S(=O)(=O)NCc1nc(C)cs1. The molecule has 0 aliphatic rings. The van der Waals surface area contributed by atoms with E-state index < -0.39 is 10.0 Å². The van der Waals surface area contributed by atoms with E-state index >= 15 is 0 Å². The van der Waals surface area contributed by atoms with Crippen molar-refractivity contribution in [1.82, 2.24) is 9.71 Å². The van der Waals surface area contributed by atoms with Crippen molar-refractivity contribution in [2.24, 2.45) is 0 Å². The largest absolute Gasteiger partial charge is 0.495 e. The van der Waals surface area contributed by atoms with Gasteiger partial charge in [-0.2, -0.15) is 0 Å². The Morgan fingerprint density at radius 3 is 2.80 bits per heavy atom. The summed E-state index contributed by atoms with van der Waals surface area (Å²) in [6, 6.07) is 4.41. The van der Waals surface area contributed by atoms with Crippen LogP contribution in [-0.4, -0.2) is 20.5 Å². The molecule has 2 rings (SSSR count). The number of nitrogens with one attached hydrogen (secondary N) is 1. The third-order valence-electron chi connectivity index (χ3n) is 2.56. The molecule has 0 saturated carbocycles. The molecule has 0 radical (unpaired) electrons. The number of anilines is 1. The third-order valence-corrected chi connectivity index (χ3v) is 4.96. The Morgan fingerprint density at radius 1 is 1.45 bits per heavy atom. The topological polar surface area (TPSA) is 94.3 Å². The van der Waals surface area contributed by atoms with Gasteiger partial charge in [-0.05, 0) is 19.1 Å². The standard InChI is InChI=1S/C12H15N3O3S2/c1-8-7-19-12(15-8)6-14-20(16,17)11-4-3-9(13)5-10(11)18-2/h3-5,7,14H,6,13H2,1-2H3. The van der Waals surface area contributed by atoms with Gasteiger partial charge in [0, 0.05) is 22.8 Å². The number of sulfonamides is 1. The van der Waals surface area contributed by atoms with E-state index in [9.17, 15) is 8.42 Å². The minimum Gasteiger partial charge on any atom is -0.495 e. The summed E-state index contributed by atoms with van der Waals surface area (Å²) in [5, 5.41) is 2.58. The maximum absolute atomic E-state index is 12.2. The van der Waals surface area contributed by atoms with Gasteiger partial charge in [0.05, 0.1) is 13.7 Å². The molecule has 0 aliphatic carbocycles. The highest BCUT2D eigenvalue weighted by Gasteiger charge is 2.19. The van der Waals surface area contributed by atoms with Crippen LogP contribution in [0.25, 0.3) is 0 Å². The molecule has 0 unspecified atom stereocenters. The number of thiazole rings is 1. The zero-order valence-corrected chi connectivity index (χ0v) is 12.7. The summed E-state index contributed by atoms with van der Waals surface area (Å²) in [6.07, 6.45) is 0. The third kappa shape index (κ3) is 3.27. The monoisotopic (exact) mass is 313 g/mol. The fraction of sp³-hybridized carbons (Fsp3) is 0.250. The van der Waals surface area contributed by atoms with E-state index in [1.54, 1.807) is 0 Å². The van der Waals surface area contributed by atoms with Crippen LogP contribution >= 0.6 is 11.3 Å². The first-order chi connectivity index (χ1) is 9.42. The van der Waals surface area contributed by atoms with Gasteiger partial charge in [0.2, 0.25) is 10.0 Å². The van der Waals surface area contributed by atoms with E-state index in [-0.39, 0.29) is 17.2 Å². The molecule has 1 aromatic heterocycles. The van der Waals surface area contributed by atoms with E-state index in [2.05, 4.69) is 9.71 Å². The zero-order valence-electron chi connectivity index (χ0n) is 11.1. The van der Waals surface area contributed by atoms with Gasteiger partial charge in [-0.15, -0.1) is 11.3 Å². The molecule has 1 heterocycles. The molecule has 0 fully saturated rings. The second-order valence-corrected chi connectivity index (χ2v) is 6.80. The van der Waals surface area contributed by atoms with Gasteiger partial charge in [0.15, 0.2) is 0 Å². The molecule has 8 heteroatoms. The summed E-state index contributed by atoms with van der Waals surface area (Å²) < 4.78 is 32.1. The Hall–Kier alpha value is -1.64. The van der Waals surface area contributed by atoms with Crippen LogP contribution < -0.4 is 15.2 Å². The number of nitrogens with two attached hydrogens (primary N) is 1. The molecule has 2 aromatic rings. The minimum atomic E-state index is -3.67. The van der Waals surface area contributed by atoms with E-state index in [0.29, 0.717) is 10.7 Å². The van der Waals surface area contributed by atoms with Gasteiger partial charge in [0.25, 0.3) is 0 Å². The Bertz CT molecular complexity index is 710. The van der Waals surface area contributed by atoms with Crippen LogP contribution in [0.4, 0.5) is 5.69 Å². The number of nitrogen functional groups attached to an aromatic ring is 1. The van der Waals surface area contributed by atoms with Crippen LogP contribution in [-0.2, 0) is 16.6 Å². The summed E-state index contributed by atoms with van der Waals surface area (Å²) in [5.41, 5.74) is 6.92. The molecule has 1 aromatic carbocycles. The number of aromatic nitrogens is 1. The van der Waals surface area contributed by atoms with Crippen LogP contribution in [0.1, 0.15) is 10.7 Å². The number of rotatable bonds is 5. The maximum Gasteiger partial charge on any atom is 0.244 e. The summed E-state index contributed by atoms with van der Waals surface area (Å²) in [6.45, 7) is 2.01. The molecule has 0 atom stereocenters. The Balaban J connectivity index is 2.22. The van der Waals surface area contributed by atoms with Crippen molar-refractivity contribution < 1.29 is 13.2 Å². The van der Waals surface area contributed by atoms with Crippen molar-refractivity contribution in [1.29, 1.82) is 0 Å². The Labute approximate surface area is 121 Å². The molecule has 108 valence electrons. The number of methoxy groups -OCH3 is 1. The van der Waals surface area contributed by atoms with Crippen molar-refractivity contribution in [2.75, 3.05) is 12.8 Å². The smallest absolute Gasteiger partial charge is 0.244 e. The number of aryl methyl sites for hydroxylation is 1. The van der Waals surface area contributed by atoms with E-state index in [1.807, 2.05) is 12.3 Å². The summed E-state index contributed by atoms with van der Waals surface area (Å²) in [4.78, 5) is 4.26. The van der Waals surface area contributed by atoms with Crippen molar-refractivity contribution in [3.05, 3.63) is 34.3 Å². The number of nitrogens with zero attached hydrogens (tertiary/aromatic N) is 1. The lowest BCUT2D eigenvalue weighted by Gasteiger charge is -2.10. The molecule has 20 heavy (non-hydrogen) atoms. The van der Waals surface area contributed by atoms with Crippen molar-refractivity contribution in [3.8, 4) is 5.75 Å². The van der Waals surface area contributed by atoms with Crippen LogP contribution in [0.2, 0.25) is 0 Å². The normalized spacial score (nSPS) is 11.5. The lowest BCUT2D eigenvalue weighted by atomic mass is 10.3. The predicted molar refractivity (Wildman–Crippen MR) is 78.3 cm³/mol. The molecular weight excluding hydrogens is 298 g/mol. The average Bonchev–Trinajstić information content (AvgIpc) is 2.82. The summed E-state index contributed by atoms with van der Waals surface area (Å²) >= 11 is 1.41. The molecule has 0 saturated heterocycles. The van der Waals surface area contributed by atoms with Crippen LogP contribution in [0.15, 0.2) is 28.5 Å². The van der Waals surface area contributed by atoms with Crippen molar-refractivity contribution in [2.45, 2.75) is 18.4 Å². The molecule has 0 amide bonds. The minimum absolute atomic E-state index is 0.0579. The second kappa shape index (κ2) is 5.78. The fourth-order valence-corrected chi connectivity index (χ4v) is 3.56. The first-order valence-corrected chi connectivity index (χ1v) is 8.13. The lowest BCUT2D eigenvalue weighted by Crippen LogP contribution is -2.23.